The van der Waals surface area contributed by atoms with Crippen LogP contribution >= 0.6 is 44.1 Å². The highest BCUT2D eigenvalue weighted by molar-refractivity contribution is 9.11. The van der Waals surface area contributed by atoms with E-state index in [2.05, 4.69) is 57.9 Å². The molecule has 0 saturated heterocycles. The molecule has 0 unspecified atom stereocenters. The number of hydrogen-bond donors (Lipinski definition) is 2. The van der Waals surface area contributed by atoms with Gasteiger partial charge in [0.2, 0.25) is 0 Å². The topological polar surface area (TPSA) is 94.0 Å². The van der Waals surface area contributed by atoms with Crippen molar-refractivity contribution < 1.29 is 9.53 Å². The Morgan fingerprint density at radius 3 is 2.83 bits per heavy atom. The fourth-order valence-electron chi connectivity index (χ4n) is 1.83. The summed E-state index contributed by atoms with van der Waals surface area (Å²) >= 11 is 11.8. The Bertz CT molecular complexity index is 767. The minimum atomic E-state index is -0.424. The van der Waals surface area contributed by atoms with Crippen LogP contribution in [-0.4, -0.2) is 38.3 Å². The molecule has 24 heavy (non-hydrogen) atoms. The van der Waals surface area contributed by atoms with Gasteiger partial charge in [0.25, 0.3) is 11.9 Å². The van der Waals surface area contributed by atoms with Crippen molar-refractivity contribution in [2.45, 2.75) is 19.9 Å². The van der Waals surface area contributed by atoms with Crippen LogP contribution < -0.4 is 15.4 Å². The molecule has 0 aliphatic rings. The summed E-state index contributed by atoms with van der Waals surface area (Å²) in [4.78, 5) is 13.9. The highest BCUT2D eigenvalue weighted by Gasteiger charge is 2.18. The Morgan fingerprint density at radius 2 is 2.17 bits per heavy atom. The molecule has 8 nitrogen and oxygen atoms in total. The van der Waals surface area contributed by atoms with Gasteiger partial charge in [-0.3, -0.25) is 15.4 Å². The molecule has 1 aromatic heterocycles. The van der Waals surface area contributed by atoms with Crippen LogP contribution in [0.25, 0.3) is 0 Å². The van der Waals surface area contributed by atoms with Crippen molar-refractivity contribution in [3.63, 3.8) is 0 Å². The zero-order valence-corrected chi connectivity index (χ0v) is 16.8. The Balaban J connectivity index is 2.07. The average Bonchev–Trinajstić information content (AvgIpc) is 2.93. The molecule has 2 rings (SSSR count). The number of methoxy groups -OCH3 is 1. The van der Waals surface area contributed by atoms with E-state index < -0.39 is 5.91 Å². The number of anilines is 1. The third-order valence-corrected chi connectivity index (χ3v) is 4.04. The summed E-state index contributed by atoms with van der Waals surface area (Å²) in [5.41, 5.74) is 0.325. The van der Waals surface area contributed by atoms with E-state index in [1.165, 1.54) is 11.9 Å². The molecule has 11 heteroatoms. The lowest BCUT2D eigenvalue weighted by Gasteiger charge is -2.12. The number of nitrogens with one attached hydrogen (secondary N) is 2. The van der Waals surface area contributed by atoms with E-state index in [9.17, 15) is 4.79 Å². The molecule has 0 aliphatic carbocycles. The first-order valence-corrected chi connectivity index (χ1v) is 8.87. The largest absolute Gasteiger partial charge is 0.495 e. The highest BCUT2D eigenvalue weighted by atomic mass is 79.9. The maximum absolute atomic E-state index is 12.4. The van der Waals surface area contributed by atoms with Gasteiger partial charge in [0.1, 0.15) is 5.75 Å². The second-order valence-electron chi connectivity index (χ2n) is 4.59. The van der Waals surface area contributed by atoms with Gasteiger partial charge in [0.05, 0.1) is 23.7 Å². The van der Waals surface area contributed by atoms with Gasteiger partial charge in [0, 0.05) is 4.47 Å². The van der Waals surface area contributed by atoms with Gasteiger partial charge >= 0.3 is 0 Å². The van der Waals surface area contributed by atoms with Gasteiger partial charge in [-0.2, -0.15) is 4.80 Å². The van der Waals surface area contributed by atoms with Crippen molar-refractivity contribution >= 4 is 61.0 Å². The molecule has 2 aromatic rings. The molecule has 2 N–H and O–H groups in total. The number of hydrogen-bond acceptors (Lipinski definition) is 6. The third-order valence-electron chi connectivity index (χ3n) is 2.79. The van der Waals surface area contributed by atoms with Crippen molar-refractivity contribution in [1.29, 1.82) is 0 Å². The fraction of sp³-hybridized carbons (Fsp3) is 0.308. The lowest BCUT2D eigenvalue weighted by Crippen LogP contribution is -2.34. The van der Waals surface area contributed by atoms with Gasteiger partial charge in [-0.15, -0.1) is 5.10 Å². The normalized spacial score (nSPS) is 10.3. The van der Waals surface area contributed by atoms with E-state index in [4.69, 9.17) is 17.0 Å². The number of benzene rings is 1. The second-order valence-corrected chi connectivity index (χ2v) is 6.76. The summed E-state index contributed by atoms with van der Waals surface area (Å²) in [6.45, 7) is 2.65. The molecular weight excluding hydrogens is 464 g/mol. The van der Waals surface area contributed by atoms with Crippen molar-refractivity contribution in [2.75, 3.05) is 12.4 Å². The summed E-state index contributed by atoms with van der Waals surface area (Å²) in [7, 11) is 1.48. The lowest BCUT2D eigenvalue weighted by molar-refractivity contribution is 0.0974. The van der Waals surface area contributed by atoms with Crippen LogP contribution in [0.5, 0.6) is 5.75 Å². The van der Waals surface area contributed by atoms with E-state index in [1.54, 1.807) is 12.1 Å². The smallest absolute Gasteiger partial charge is 0.269 e. The summed E-state index contributed by atoms with van der Waals surface area (Å²) in [6.07, 6.45) is 0.883. The zero-order chi connectivity index (χ0) is 17.7. The van der Waals surface area contributed by atoms with Crippen LogP contribution in [0.15, 0.2) is 21.1 Å². The SMILES string of the molecule is CCCn1nnc(NC(=S)NC(=O)c2cc(Br)cc(Br)c2OC)n1. The average molecular weight is 478 g/mol. The van der Waals surface area contributed by atoms with Crippen molar-refractivity contribution in [3.8, 4) is 5.75 Å². The molecule has 1 heterocycles. The number of aromatic nitrogens is 4. The number of ether oxygens (including phenoxy) is 1. The van der Waals surface area contributed by atoms with Crippen LogP contribution in [0.3, 0.4) is 0 Å². The molecule has 0 fully saturated rings. The number of tetrazole rings is 1. The second kappa shape index (κ2) is 8.49. The molecule has 0 bridgehead atoms. The summed E-state index contributed by atoms with van der Waals surface area (Å²) in [5, 5.41) is 17.1. The molecule has 1 aromatic carbocycles. The number of carbonyl (C=O) groups excluding carboxylic acids is 1. The fourth-order valence-corrected chi connectivity index (χ4v) is 3.40. The Labute approximate surface area is 160 Å². The van der Waals surface area contributed by atoms with E-state index in [0.29, 0.717) is 22.3 Å². The molecule has 0 aliphatic heterocycles. The van der Waals surface area contributed by atoms with Crippen LogP contribution in [0.4, 0.5) is 5.95 Å². The molecule has 1 amide bonds. The monoisotopic (exact) mass is 476 g/mol. The minimum absolute atomic E-state index is 0.0641. The molecule has 0 radical (unpaired) electrons. The van der Waals surface area contributed by atoms with Crippen LogP contribution in [0.1, 0.15) is 23.7 Å². The third kappa shape index (κ3) is 4.71. The first-order valence-electron chi connectivity index (χ1n) is 6.87. The number of halogens is 2. The number of carbonyl (C=O) groups is 1. The number of rotatable bonds is 5. The predicted octanol–water partition coefficient (Wildman–Crippen LogP) is 2.74. The molecule has 0 atom stereocenters. The van der Waals surface area contributed by atoms with Crippen LogP contribution in [-0.2, 0) is 6.54 Å². The van der Waals surface area contributed by atoms with Gasteiger partial charge in [-0.1, -0.05) is 28.0 Å². The first kappa shape index (κ1) is 18.7. The first-order chi connectivity index (χ1) is 11.4. The Hall–Kier alpha value is -1.59. The van der Waals surface area contributed by atoms with E-state index in [1.807, 2.05) is 6.92 Å². The minimum Gasteiger partial charge on any atom is -0.495 e. The van der Waals surface area contributed by atoms with Crippen molar-refractivity contribution in [3.05, 3.63) is 26.6 Å². The maximum Gasteiger partial charge on any atom is 0.269 e. The highest BCUT2D eigenvalue weighted by Crippen LogP contribution is 2.32. The van der Waals surface area contributed by atoms with Crippen LogP contribution in [0.2, 0.25) is 0 Å². The van der Waals surface area contributed by atoms with Gasteiger partial charge in [-0.25, -0.2) is 0 Å². The van der Waals surface area contributed by atoms with Crippen molar-refractivity contribution in [1.82, 2.24) is 25.5 Å². The standard InChI is InChI=1S/C13H14Br2N6O2S/c1-3-4-21-19-12(18-20-21)17-13(24)16-11(22)8-5-7(14)6-9(15)10(8)23-2/h5-6H,3-4H2,1-2H3,(H2,16,17,19,22,24). The van der Waals surface area contributed by atoms with Gasteiger partial charge < -0.3 is 4.74 Å². The summed E-state index contributed by atoms with van der Waals surface area (Å²) < 4.78 is 6.62. The predicted molar refractivity (Wildman–Crippen MR) is 100 cm³/mol. The number of nitrogens with zero attached hydrogens (tertiary/aromatic N) is 4. The number of aryl methyl sites for hydroxylation is 1. The summed E-state index contributed by atoms with van der Waals surface area (Å²) in [6, 6.07) is 3.42. The van der Waals surface area contributed by atoms with Crippen LogP contribution in [0, 0.1) is 0 Å². The molecule has 128 valence electrons. The zero-order valence-electron chi connectivity index (χ0n) is 12.8. The van der Waals surface area contributed by atoms with E-state index >= 15 is 0 Å². The number of amides is 1. The number of thiocarbonyl (C=S) groups is 1. The van der Waals surface area contributed by atoms with E-state index in [-0.39, 0.29) is 11.1 Å². The molecule has 0 saturated carbocycles. The quantitative estimate of drug-likeness (QED) is 0.639. The van der Waals surface area contributed by atoms with Crippen molar-refractivity contribution in [2.24, 2.45) is 0 Å². The molecule has 0 spiro atoms. The Morgan fingerprint density at radius 1 is 1.42 bits per heavy atom. The van der Waals surface area contributed by atoms with Gasteiger partial charge in [-0.05, 0) is 51.9 Å². The Kier molecular flexibility index (Phi) is 6.63. The van der Waals surface area contributed by atoms with Gasteiger partial charge in [0.15, 0.2) is 5.11 Å². The lowest BCUT2D eigenvalue weighted by atomic mass is 10.2. The van der Waals surface area contributed by atoms with E-state index in [0.717, 1.165) is 10.9 Å². The summed E-state index contributed by atoms with van der Waals surface area (Å²) in [5.74, 6) is 0.203. The maximum atomic E-state index is 12.4. The molecular formula is C13H14Br2N6O2S.